The number of halogens is 3. The van der Waals surface area contributed by atoms with Gasteiger partial charge in [0.05, 0.1) is 10.3 Å². The molecule has 0 bridgehead atoms. The fraction of sp³-hybridized carbons (Fsp3) is 0.512. The molecular weight excluding hydrogens is 694 g/mol. The maximum absolute atomic E-state index is 17.4. The van der Waals surface area contributed by atoms with Crippen molar-refractivity contribution in [3.8, 4) is 6.07 Å². The molecule has 53 heavy (non-hydrogen) atoms. The Labute approximate surface area is 319 Å². The molecule has 0 N–H and O–H groups in total. The summed E-state index contributed by atoms with van der Waals surface area (Å²) in [6, 6.07) is 5.33. The quantitative estimate of drug-likeness (QED) is 0.142. The summed E-state index contributed by atoms with van der Waals surface area (Å²) in [6.07, 6.45) is 5.17. The van der Waals surface area contributed by atoms with E-state index in [1.807, 2.05) is 52.6 Å². The third-order valence-corrected chi connectivity index (χ3v) is 11.5. The molecule has 2 aromatic rings. The number of alkyl halides is 1. The van der Waals surface area contributed by atoms with Crippen molar-refractivity contribution >= 4 is 38.5 Å². The van der Waals surface area contributed by atoms with Crippen LogP contribution in [0.25, 0.3) is 15.7 Å². The molecule has 0 amide bonds. The van der Waals surface area contributed by atoms with Gasteiger partial charge in [-0.2, -0.15) is 5.26 Å². The summed E-state index contributed by atoms with van der Waals surface area (Å²) in [7, 11) is 2.04. The van der Waals surface area contributed by atoms with Crippen LogP contribution in [0.1, 0.15) is 110 Å². The lowest BCUT2D eigenvalue weighted by molar-refractivity contribution is -0.112. The van der Waals surface area contributed by atoms with Crippen LogP contribution in [-0.4, -0.2) is 66.3 Å². The molecule has 1 saturated heterocycles. The Kier molecular flexibility index (Phi) is 15.9. The van der Waals surface area contributed by atoms with Crippen molar-refractivity contribution < 1.29 is 22.7 Å². The first-order valence-electron chi connectivity index (χ1n) is 18.7. The molecule has 2 aliphatic rings. The average molecular weight is 751 g/mol. The summed E-state index contributed by atoms with van der Waals surface area (Å²) in [4.78, 5) is 19.4. The summed E-state index contributed by atoms with van der Waals surface area (Å²) in [5.74, 6) is -0.607. The molecule has 2 heterocycles. The van der Waals surface area contributed by atoms with Crippen molar-refractivity contribution in [2.45, 2.75) is 112 Å². The fourth-order valence-electron chi connectivity index (χ4n) is 7.10. The SMILES string of the molecule is C=C(/N=C1/C(F)=C(c2ccc(F)c3sc(C(C)C)c(C#N)c23)C(CC)=C/C1=C(/C)N(C)C(CCC)C(C)C)OCC1CC(F)CN1CC.C=CC(C)=O. The monoisotopic (exact) mass is 750 g/mol. The summed E-state index contributed by atoms with van der Waals surface area (Å²) in [5.41, 5.74) is 3.42. The highest BCUT2D eigenvalue weighted by Crippen LogP contribution is 2.46. The normalized spacial score (nSPS) is 20.0. The van der Waals surface area contributed by atoms with E-state index in [0.717, 1.165) is 29.0 Å². The highest BCUT2D eigenvalue weighted by molar-refractivity contribution is 7.19. The molecule has 0 spiro atoms. The summed E-state index contributed by atoms with van der Waals surface area (Å²) < 4.78 is 53.3. The maximum Gasteiger partial charge on any atom is 0.206 e. The van der Waals surface area contributed by atoms with Gasteiger partial charge in [-0.05, 0) is 87.4 Å². The van der Waals surface area contributed by atoms with Gasteiger partial charge in [-0.1, -0.05) is 67.5 Å². The van der Waals surface area contributed by atoms with Gasteiger partial charge >= 0.3 is 0 Å². The molecule has 0 radical (unpaired) electrons. The second kappa shape index (κ2) is 19.4. The Balaban J connectivity index is 0.00000141. The largest absolute Gasteiger partial charge is 0.476 e. The standard InChI is InChI=1S/C39H51F3N4OS.C4H6O/c1-11-14-33(22(4)5)45(10)24(8)30-17-26(12-2)34(29-15-16-32(41)39-35(29)31(19-43)38(48-39)23(6)7)36(42)37(30)44-25(9)47-21-28-18-27(40)20-46(28)13-3;1-3-4(2)5/h15-17,22-23,27-28,33H,9,11-14,18,20-21H2,1-8,10H3;3H,1H2,2H3/b30-24+,44-37+;. The number of allylic oxidation sites excluding steroid dienone is 7. The van der Waals surface area contributed by atoms with Crippen molar-refractivity contribution in [2.75, 3.05) is 26.7 Å². The van der Waals surface area contributed by atoms with E-state index in [-0.39, 0.29) is 42.0 Å². The minimum Gasteiger partial charge on any atom is -0.476 e. The van der Waals surface area contributed by atoms with Crippen LogP contribution >= 0.6 is 11.3 Å². The topological polar surface area (TPSA) is 68.9 Å². The molecule has 1 fully saturated rings. The third kappa shape index (κ3) is 9.98. The van der Waals surface area contributed by atoms with Gasteiger partial charge in [0.2, 0.25) is 5.88 Å². The van der Waals surface area contributed by atoms with Gasteiger partial charge in [-0.25, -0.2) is 18.2 Å². The first kappa shape index (κ1) is 43.5. The van der Waals surface area contributed by atoms with Crippen LogP contribution in [0.15, 0.2) is 71.0 Å². The van der Waals surface area contributed by atoms with Gasteiger partial charge in [0.1, 0.15) is 30.4 Å². The Morgan fingerprint density at radius 3 is 2.40 bits per heavy atom. The Hall–Kier alpha value is -3.94. The van der Waals surface area contributed by atoms with Crippen LogP contribution in [0, 0.1) is 23.1 Å². The van der Waals surface area contributed by atoms with E-state index in [1.54, 1.807) is 6.07 Å². The van der Waals surface area contributed by atoms with Gasteiger partial charge in [-0.15, -0.1) is 11.3 Å². The average Bonchev–Trinajstić information content (AvgIpc) is 3.71. The van der Waals surface area contributed by atoms with E-state index >= 15 is 8.78 Å². The molecule has 1 aliphatic carbocycles. The fourth-order valence-corrected chi connectivity index (χ4v) is 8.29. The van der Waals surface area contributed by atoms with E-state index in [1.165, 1.54) is 30.4 Å². The van der Waals surface area contributed by atoms with E-state index in [0.29, 0.717) is 64.2 Å². The van der Waals surface area contributed by atoms with Crippen LogP contribution in [0.2, 0.25) is 0 Å². The Morgan fingerprint density at radius 1 is 1.21 bits per heavy atom. The van der Waals surface area contributed by atoms with Crippen LogP contribution in [-0.2, 0) is 9.53 Å². The molecule has 4 rings (SSSR count). The molecule has 1 aromatic carbocycles. The number of ether oxygens (including phenoxy) is 1. The van der Waals surface area contributed by atoms with Crippen LogP contribution < -0.4 is 0 Å². The highest BCUT2D eigenvalue weighted by Gasteiger charge is 2.34. The molecule has 3 unspecified atom stereocenters. The van der Waals surface area contributed by atoms with E-state index in [9.17, 15) is 14.4 Å². The van der Waals surface area contributed by atoms with Gasteiger partial charge in [0, 0.05) is 52.8 Å². The number of nitrogens with zero attached hydrogens (tertiary/aromatic N) is 4. The van der Waals surface area contributed by atoms with Crippen LogP contribution in [0.3, 0.4) is 0 Å². The number of benzene rings is 1. The first-order chi connectivity index (χ1) is 25.1. The number of carbonyl (C=O) groups excluding carboxylic acids is 1. The van der Waals surface area contributed by atoms with Crippen molar-refractivity contribution in [1.29, 1.82) is 5.26 Å². The Bertz CT molecular complexity index is 1840. The smallest absolute Gasteiger partial charge is 0.206 e. The number of nitriles is 1. The lowest BCUT2D eigenvalue weighted by atomic mass is 9.83. The van der Waals surface area contributed by atoms with Crippen molar-refractivity contribution in [1.82, 2.24) is 9.80 Å². The molecule has 6 nitrogen and oxygen atoms in total. The van der Waals surface area contributed by atoms with E-state index < -0.39 is 17.8 Å². The molecule has 1 aromatic heterocycles. The number of likely N-dealkylation sites (N-methyl/N-ethyl adjacent to an activating group) is 1. The zero-order chi connectivity index (χ0) is 39.7. The highest BCUT2D eigenvalue weighted by atomic mass is 32.1. The second-order valence-electron chi connectivity index (χ2n) is 14.4. The van der Waals surface area contributed by atoms with Gasteiger partial charge in [0.25, 0.3) is 0 Å². The molecule has 0 saturated carbocycles. The number of rotatable bonds is 14. The van der Waals surface area contributed by atoms with Gasteiger partial charge < -0.3 is 9.64 Å². The molecule has 1 aliphatic heterocycles. The van der Waals surface area contributed by atoms with Crippen molar-refractivity contribution in [2.24, 2.45) is 10.9 Å². The van der Waals surface area contributed by atoms with Crippen LogP contribution in [0.4, 0.5) is 13.2 Å². The summed E-state index contributed by atoms with van der Waals surface area (Å²) in [6.45, 7) is 26.4. The number of fused-ring (bicyclic) bond motifs is 1. The first-order valence-corrected chi connectivity index (χ1v) is 19.5. The number of aliphatic imine (C=N–C) groups is 1. The summed E-state index contributed by atoms with van der Waals surface area (Å²) >= 11 is 1.25. The Morgan fingerprint density at radius 2 is 1.87 bits per heavy atom. The minimum atomic E-state index is -0.916. The lowest BCUT2D eigenvalue weighted by Gasteiger charge is -2.35. The number of carbonyl (C=O) groups is 1. The number of hydrogen-bond acceptors (Lipinski definition) is 7. The van der Waals surface area contributed by atoms with Gasteiger partial charge in [0.15, 0.2) is 11.6 Å². The number of ketones is 1. The zero-order valence-electron chi connectivity index (χ0n) is 33.2. The van der Waals surface area contributed by atoms with Gasteiger partial charge in [-0.3, -0.25) is 9.69 Å². The molecular formula is C43H57F3N4O2S. The third-order valence-electron chi connectivity index (χ3n) is 10.0. The predicted octanol–water partition coefficient (Wildman–Crippen LogP) is 11.2. The summed E-state index contributed by atoms with van der Waals surface area (Å²) in [5, 5.41) is 10.7. The predicted molar refractivity (Wildman–Crippen MR) is 215 cm³/mol. The molecule has 3 atom stereocenters. The second-order valence-corrected chi connectivity index (χ2v) is 15.4. The number of thiophene rings is 1. The van der Waals surface area contributed by atoms with Crippen molar-refractivity contribution in [3.63, 3.8) is 0 Å². The molecule has 10 heteroatoms. The molecule has 288 valence electrons. The van der Waals surface area contributed by atoms with Crippen molar-refractivity contribution in [3.05, 3.63) is 87.8 Å². The zero-order valence-corrected chi connectivity index (χ0v) is 34.0. The van der Waals surface area contributed by atoms with Crippen LogP contribution in [0.5, 0.6) is 0 Å². The van der Waals surface area contributed by atoms with E-state index in [2.05, 4.69) is 44.9 Å². The lowest BCUT2D eigenvalue weighted by Crippen LogP contribution is -2.36. The van der Waals surface area contributed by atoms with E-state index in [4.69, 9.17) is 9.73 Å². The maximum atomic E-state index is 17.4. The minimum absolute atomic E-state index is 0.00538. The number of likely N-dealkylation sites (tertiary alicyclic amines) is 1. The number of hydrogen-bond donors (Lipinski definition) is 0.